The molecule has 1 aliphatic rings. The maximum Gasteiger partial charge on any atom is 0.230 e. The molecule has 2 N–H and O–H groups in total. The molecule has 0 amide bonds. The van der Waals surface area contributed by atoms with Gasteiger partial charge < -0.3 is 15.5 Å². The van der Waals surface area contributed by atoms with E-state index in [1.165, 1.54) is 37.2 Å². The summed E-state index contributed by atoms with van der Waals surface area (Å²) in [5, 5.41) is 10.1. The van der Waals surface area contributed by atoms with Gasteiger partial charge in [-0.1, -0.05) is 13.8 Å². The van der Waals surface area contributed by atoms with Crippen molar-refractivity contribution >= 4 is 49.9 Å². The molecule has 0 radical (unpaired) electrons. The quantitative estimate of drug-likeness (QED) is 0.547. The number of anilines is 3. The largest absolute Gasteiger partial charge is 0.366 e. The fourth-order valence-corrected chi connectivity index (χ4v) is 5.51. The molecule has 3 aromatic rings. The van der Waals surface area contributed by atoms with Crippen LogP contribution in [0, 0.1) is 6.92 Å². The Morgan fingerprint density at radius 3 is 2.61 bits per heavy atom. The zero-order valence-corrected chi connectivity index (χ0v) is 18.4. The van der Waals surface area contributed by atoms with Gasteiger partial charge in [0.15, 0.2) is 0 Å². The van der Waals surface area contributed by atoms with E-state index in [0.717, 1.165) is 45.9 Å². The maximum absolute atomic E-state index is 4.80. The molecule has 0 saturated heterocycles. The summed E-state index contributed by atoms with van der Waals surface area (Å²) in [4.78, 5) is 12.1. The summed E-state index contributed by atoms with van der Waals surface area (Å²) in [6.07, 6.45) is 4.89. The molecular formula is C20H28N6S2. The van der Waals surface area contributed by atoms with E-state index >= 15 is 0 Å². The van der Waals surface area contributed by atoms with Crippen molar-refractivity contribution in [2.45, 2.75) is 58.5 Å². The number of thiophene rings is 1. The summed E-state index contributed by atoms with van der Waals surface area (Å²) in [7, 11) is 0. The summed E-state index contributed by atoms with van der Waals surface area (Å²) >= 11 is 3.14. The molecule has 3 heterocycles. The van der Waals surface area contributed by atoms with Crippen LogP contribution in [0.2, 0.25) is 0 Å². The highest BCUT2D eigenvalue weighted by atomic mass is 32.1. The molecule has 6 nitrogen and oxygen atoms in total. The lowest BCUT2D eigenvalue weighted by Gasteiger charge is -2.36. The number of hydrogen-bond acceptors (Lipinski definition) is 8. The molecule has 8 heteroatoms. The summed E-state index contributed by atoms with van der Waals surface area (Å²) < 4.78 is 5.46. The highest BCUT2D eigenvalue weighted by Crippen LogP contribution is 2.32. The van der Waals surface area contributed by atoms with E-state index in [4.69, 9.17) is 4.98 Å². The van der Waals surface area contributed by atoms with Gasteiger partial charge in [0.25, 0.3) is 0 Å². The van der Waals surface area contributed by atoms with Gasteiger partial charge in [0.2, 0.25) is 5.95 Å². The maximum atomic E-state index is 4.80. The molecule has 4 rings (SSSR count). The molecule has 3 aromatic heterocycles. The molecule has 0 bridgehead atoms. The third-order valence-corrected chi connectivity index (χ3v) is 7.24. The standard InChI is InChI=1S/C20H28N6S2/c1-4-26(5-2)15-8-6-14(7-9-15)21-19-18-16(10-11-27-18)22-20(24-19)23-17-12-13(3)25-28-17/h10-12,14-15H,4-9H2,1-3H3,(H2,21,22,23,24). The van der Waals surface area contributed by atoms with Gasteiger partial charge in [0.05, 0.1) is 15.9 Å². The second kappa shape index (κ2) is 8.71. The van der Waals surface area contributed by atoms with E-state index in [-0.39, 0.29) is 0 Å². The molecule has 0 atom stereocenters. The molecule has 0 aromatic carbocycles. The predicted octanol–water partition coefficient (Wildman–Crippen LogP) is 5.26. The average molecular weight is 417 g/mol. The van der Waals surface area contributed by atoms with E-state index in [2.05, 4.69) is 50.2 Å². The number of rotatable bonds is 7. The number of aromatic nitrogens is 3. The lowest BCUT2D eigenvalue weighted by molar-refractivity contribution is 0.167. The molecule has 0 unspecified atom stereocenters. The van der Waals surface area contributed by atoms with Crippen LogP contribution in [-0.4, -0.2) is 44.4 Å². The molecule has 1 fully saturated rings. The van der Waals surface area contributed by atoms with Crippen LogP contribution in [0.1, 0.15) is 45.2 Å². The van der Waals surface area contributed by atoms with Crippen molar-refractivity contribution in [3.63, 3.8) is 0 Å². The molecular weight excluding hydrogens is 388 g/mol. The molecule has 0 spiro atoms. The van der Waals surface area contributed by atoms with Gasteiger partial charge in [-0.15, -0.1) is 11.3 Å². The number of fused-ring (bicyclic) bond motifs is 1. The van der Waals surface area contributed by atoms with Crippen molar-refractivity contribution in [2.24, 2.45) is 0 Å². The van der Waals surface area contributed by atoms with Crippen LogP contribution in [0.4, 0.5) is 16.8 Å². The van der Waals surface area contributed by atoms with Crippen molar-refractivity contribution in [3.05, 3.63) is 23.2 Å². The van der Waals surface area contributed by atoms with E-state index in [9.17, 15) is 0 Å². The third-order valence-electron chi connectivity index (χ3n) is 5.53. The minimum Gasteiger partial charge on any atom is -0.366 e. The molecule has 0 aliphatic heterocycles. The predicted molar refractivity (Wildman–Crippen MR) is 120 cm³/mol. The van der Waals surface area contributed by atoms with Gasteiger partial charge in [-0.3, -0.25) is 0 Å². The second-order valence-corrected chi connectivity index (χ2v) is 9.08. The zero-order valence-electron chi connectivity index (χ0n) is 16.7. The monoisotopic (exact) mass is 416 g/mol. The fourth-order valence-electron chi connectivity index (χ4n) is 4.07. The molecule has 28 heavy (non-hydrogen) atoms. The Bertz CT molecular complexity index is 908. The fraction of sp³-hybridized carbons (Fsp3) is 0.550. The van der Waals surface area contributed by atoms with Gasteiger partial charge in [-0.05, 0) is 74.7 Å². The van der Waals surface area contributed by atoms with E-state index in [1.807, 2.05) is 13.0 Å². The van der Waals surface area contributed by atoms with Gasteiger partial charge in [0, 0.05) is 12.1 Å². The first-order valence-corrected chi connectivity index (χ1v) is 11.8. The smallest absolute Gasteiger partial charge is 0.230 e. The minimum absolute atomic E-state index is 0.477. The first-order chi connectivity index (χ1) is 13.7. The first-order valence-electron chi connectivity index (χ1n) is 10.1. The number of nitrogens with zero attached hydrogens (tertiary/aromatic N) is 4. The van der Waals surface area contributed by atoms with E-state index < -0.39 is 0 Å². The van der Waals surface area contributed by atoms with Crippen LogP contribution in [0.5, 0.6) is 0 Å². The number of hydrogen-bond donors (Lipinski definition) is 2. The SMILES string of the molecule is CCN(CC)C1CCC(Nc2nc(Nc3cc(C)ns3)nc3ccsc23)CC1. The molecule has 150 valence electrons. The van der Waals surface area contributed by atoms with E-state index in [1.54, 1.807) is 11.3 Å². The normalized spacial score (nSPS) is 20.0. The Kier molecular flexibility index (Phi) is 6.08. The van der Waals surface area contributed by atoms with Crippen LogP contribution in [0.3, 0.4) is 0 Å². The average Bonchev–Trinajstić information content (AvgIpc) is 3.33. The van der Waals surface area contributed by atoms with Gasteiger partial charge in [-0.25, -0.2) is 4.98 Å². The third kappa shape index (κ3) is 4.29. The summed E-state index contributed by atoms with van der Waals surface area (Å²) in [5.74, 6) is 1.59. The first kappa shape index (κ1) is 19.5. The van der Waals surface area contributed by atoms with Crippen LogP contribution in [0.25, 0.3) is 10.2 Å². The van der Waals surface area contributed by atoms with Crippen molar-refractivity contribution < 1.29 is 0 Å². The van der Waals surface area contributed by atoms with Gasteiger partial charge >= 0.3 is 0 Å². The van der Waals surface area contributed by atoms with E-state index in [0.29, 0.717) is 12.0 Å². The Morgan fingerprint density at radius 1 is 1.14 bits per heavy atom. The second-order valence-electron chi connectivity index (χ2n) is 7.36. The summed E-state index contributed by atoms with van der Waals surface area (Å²) in [6.45, 7) is 8.81. The van der Waals surface area contributed by atoms with Gasteiger partial charge in [0.1, 0.15) is 10.8 Å². The minimum atomic E-state index is 0.477. The lowest BCUT2D eigenvalue weighted by Crippen LogP contribution is -2.40. The Hall–Kier alpha value is -1.77. The summed E-state index contributed by atoms with van der Waals surface area (Å²) in [6, 6.07) is 5.29. The van der Waals surface area contributed by atoms with Crippen LogP contribution < -0.4 is 10.6 Å². The Balaban J connectivity index is 1.48. The Labute approximate surface area is 174 Å². The van der Waals surface area contributed by atoms with Crippen LogP contribution >= 0.6 is 22.9 Å². The van der Waals surface area contributed by atoms with Crippen LogP contribution in [0.15, 0.2) is 17.5 Å². The van der Waals surface area contributed by atoms with Crippen molar-refractivity contribution in [1.29, 1.82) is 0 Å². The molecule has 1 aliphatic carbocycles. The number of aryl methyl sites for hydroxylation is 1. The van der Waals surface area contributed by atoms with Crippen molar-refractivity contribution in [2.75, 3.05) is 23.7 Å². The lowest BCUT2D eigenvalue weighted by atomic mass is 9.90. The van der Waals surface area contributed by atoms with Crippen molar-refractivity contribution in [1.82, 2.24) is 19.2 Å². The highest BCUT2D eigenvalue weighted by molar-refractivity contribution is 7.17. The number of nitrogens with one attached hydrogen (secondary N) is 2. The Morgan fingerprint density at radius 2 is 1.93 bits per heavy atom. The van der Waals surface area contributed by atoms with Crippen molar-refractivity contribution in [3.8, 4) is 0 Å². The zero-order chi connectivity index (χ0) is 19.5. The molecule has 1 saturated carbocycles. The highest BCUT2D eigenvalue weighted by Gasteiger charge is 2.25. The topological polar surface area (TPSA) is 66.0 Å². The van der Waals surface area contributed by atoms with Crippen LogP contribution in [-0.2, 0) is 0 Å². The van der Waals surface area contributed by atoms with Gasteiger partial charge in [-0.2, -0.15) is 9.36 Å². The summed E-state index contributed by atoms with van der Waals surface area (Å²) in [5.41, 5.74) is 2.00.